The minimum atomic E-state index is -0.221. The molecule has 8 aromatic carbocycles. The molecule has 2 atom stereocenters. The van der Waals surface area contributed by atoms with Crippen molar-refractivity contribution in [2.75, 3.05) is 0 Å². The first-order valence-corrected chi connectivity index (χ1v) is 22.3. The number of fused-ring (bicyclic) bond motifs is 7. The Hall–Kier alpha value is -7.10. The molecule has 302 valence electrons. The Morgan fingerprint density at radius 2 is 1.05 bits per heavy atom. The molecule has 2 aliphatic heterocycles. The van der Waals surface area contributed by atoms with Crippen LogP contribution in [0.4, 0.5) is 0 Å². The molecule has 8 aromatic rings. The third kappa shape index (κ3) is 5.94. The lowest BCUT2D eigenvalue weighted by atomic mass is 9.34. The van der Waals surface area contributed by atoms with Crippen molar-refractivity contribution in [2.45, 2.75) is 44.4 Å². The maximum absolute atomic E-state index is 7.14. The Bertz CT molecular complexity index is 3120. The molecule has 4 aliphatic rings. The lowest BCUT2D eigenvalue weighted by Gasteiger charge is -2.39. The van der Waals surface area contributed by atoms with Crippen molar-refractivity contribution in [1.29, 1.82) is 0 Å². The molecule has 2 unspecified atom stereocenters. The molecule has 0 aromatic heterocycles. The Morgan fingerprint density at radius 1 is 0.476 bits per heavy atom. The van der Waals surface area contributed by atoms with E-state index in [1.807, 2.05) is 0 Å². The zero-order chi connectivity index (χ0) is 42.5. The van der Waals surface area contributed by atoms with Crippen LogP contribution in [0.25, 0.3) is 16.3 Å². The van der Waals surface area contributed by atoms with E-state index < -0.39 is 0 Å². The lowest BCUT2D eigenvalue weighted by molar-refractivity contribution is 0.461. The van der Waals surface area contributed by atoms with Gasteiger partial charge in [0.05, 0.1) is 0 Å². The maximum Gasteiger partial charge on any atom is 0.260 e. The first-order valence-electron chi connectivity index (χ1n) is 22.3. The number of benzene rings is 8. The average Bonchev–Trinajstić information content (AvgIpc) is 3.33. The van der Waals surface area contributed by atoms with Crippen molar-refractivity contribution in [3.8, 4) is 23.0 Å². The van der Waals surface area contributed by atoms with Crippen LogP contribution in [0.1, 0.15) is 78.1 Å². The highest BCUT2D eigenvalue weighted by Gasteiger charge is 2.44. The van der Waals surface area contributed by atoms with Gasteiger partial charge in [-0.3, -0.25) is 0 Å². The predicted octanol–water partition coefficient (Wildman–Crippen LogP) is 12.9. The summed E-state index contributed by atoms with van der Waals surface area (Å²) in [7, 11) is 0. The van der Waals surface area contributed by atoms with Gasteiger partial charge in [-0.2, -0.15) is 0 Å². The van der Waals surface area contributed by atoms with Crippen molar-refractivity contribution < 1.29 is 9.47 Å². The van der Waals surface area contributed by atoms with E-state index in [4.69, 9.17) is 9.47 Å². The molecule has 0 bridgehead atoms. The molecule has 0 N–H and O–H groups in total. The second-order valence-electron chi connectivity index (χ2n) is 18.8. The van der Waals surface area contributed by atoms with E-state index in [1.165, 1.54) is 77.4 Å². The molecule has 2 heterocycles. The van der Waals surface area contributed by atoms with Gasteiger partial charge in [0.1, 0.15) is 23.0 Å². The summed E-state index contributed by atoms with van der Waals surface area (Å²) in [6, 6.07) is 64.6. The van der Waals surface area contributed by atoms with Crippen molar-refractivity contribution in [3.05, 3.63) is 250 Å². The smallest absolute Gasteiger partial charge is 0.260 e. The van der Waals surface area contributed by atoms with E-state index in [0.717, 1.165) is 28.5 Å². The normalized spacial score (nSPS) is 16.9. The second-order valence-corrected chi connectivity index (χ2v) is 18.8. The van der Waals surface area contributed by atoms with E-state index in [0.29, 0.717) is 0 Å². The van der Waals surface area contributed by atoms with Gasteiger partial charge in [0.25, 0.3) is 6.71 Å². The summed E-state index contributed by atoms with van der Waals surface area (Å²) in [6.45, 7) is 9.21. The quantitative estimate of drug-likeness (QED) is 0.156. The van der Waals surface area contributed by atoms with Gasteiger partial charge in [0, 0.05) is 28.1 Å². The molecular formula is C60H47BO2. The number of ether oxygens (including phenoxy) is 2. The van der Waals surface area contributed by atoms with Crippen LogP contribution in [0.3, 0.4) is 0 Å². The first-order chi connectivity index (χ1) is 30.7. The van der Waals surface area contributed by atoms with Crippen molar-refractivity contribution in [2.24, 2.45) is 5.92 Å². The molecule has 2 nitrogen and oxygen atoms in total. The fourth-order valence-electron chi connectivity index (χ4n) is 11.0. The SMILES string of the molecule is CC(C)(c1ccccc1)c1ccc2c(c1)B1c3cc(C(C)(C)c4ccccc4)ccc3Oc3cc(C4c5ccccc5C(c5ccc6ccccc6c5)=C5C=CC=CC54)cc(c31)O2. The van der Waals surface area contributed by atoms with Crippen LogP contribution in [0.15, 0.2) is 206 Å². The minimum absolute atomic E-state index is 0.0414. The molecule has 0 saturated heterocycles. The molecule has 2 aliphatic carbocycles. The van der Waals surface area contributed by atoms with Crippen LogP contribution in [-0.4, -0.2) is 6.71 Å². The van der Waals surface area contributed by atoms with Gasteiger partial charge in [-0.1, -0.05) is 198 Å². The molecular weight excluding hydrogens is 763 g/mol. The molecule has 0 amide bonds. The average molecular weight is 811 g/mol. The van der Waals surface area contributed by atoms with E-state index in [1.54, 1.807) is 0 Å². The monoisotopic (exact) mass is 810 g/mol. The molecule has 0 spiro atoms. The second kappa shape index (κ2) is 14.2. The van der Waals surface area contributed by atoms with Crippen LogP contribution in [0, 0.1) is 5.92 Å². The summed E-state index contributed by atoms with van der Waals surface area (Å²) in [5.74, 6) is 3.68. The highest BCUT2D eigenvalue weighted by atomic mass is 16.5. The molecule has 0 fully saturated rings. The third-order valence-electron chi connectivity index (χ3n) is 14.6. The van der Waals surface area contributed by atoms with Gasteiger partial charge in [-0.15, -0.1) is 0 Å². The number of rotatable bonds is 6. The van der Waals surface area contributed by atoms with Gasteiger partial charge < -0.3 is 9.47 Å². The zero-order valence-electron chi connectivity index (χ0n) is 36.1. The Morgan fingerprint density at radius 3 is 1.68 bits per heavy atom. The maximum atomic E-state index is 7.14. The molecule has 63 heavy (non-hydrogen) atoms. The van der Waals surface area contributed by atoms with Crippen LogP contribution in [0.2, 0.25) is 0 Å². The zero-order valence-corrected chi connectivity index (χ0v) is 36.1. The minimum Gasteiger partial charge on any atom is -0.458 e. The van der Waals surface area contributed by atoms with E-state index in [9.17, 15) is 0 Å². The van der Waals surface area contributed by atoms with Gasteiger partial charge in [-0.05, 0) is 108 Å². The van der Waals surface area contributed by atoms with Crippen molar-refractivity contribution in [1.82, 2.24) is 0 Å². The number of hydrogen-bond donors (Lipinski definition) is 0. The molecule has 0 saturated carbocycles. The van der Waals surface area contributed by atoms with E-state index >= 15 is 0 Å². The fraction of sp³-hybridized carbons (Fsp3) is 0.133. The van der Waals surface area contributed by atoms with Crippen LogP contribution < -0.4 is 25.9 Å². The standard InChI is InChI=1S/C60H47BO2/c1-59(2,42-19-7-5-8-20-42)44-29-31-52-50(36-44)61-51-37-45(60(3,4)43-21-9-6-10-22-43)30-32-53(51)63-55-35-41(34-54(62-52)58(55)61)57-48-25-15-13-23-46(48)56(47-24-14-16-26-49(47)57)40-28-27-38-17-11-12-18-39(38)33-40/h5-37,48,57H,1-4H3. The molecule has 12 rings (SSSR count). The molecule has 0 radical (unpaired) electrons. The summed E-state index contributed by atoms with van der Waals surface area (Å²) in [4.78, 5) is 0. The lowest BCUT2D eigenvalue weighted by Crippen LogP contribution is -2.58. The van der Waals surface area contributed by atoms with Crippen LogP contribution >= 0.6 is 0 Å². The summed E-state index contributed by atoms with van der Waals surface area (Å²) >= 11 is 0. The highest BCUT2D eigenvalue weighted by Crippen LogP contribution is 2.52. The topological polar surface area (TPSA) is 18.5 Å². The Balaban J connectivity index is 1.03. The Labute approximate surface area is 371 Å². The van der Waals surface area contributed by atoms with E-state index in [-0.39, 0.29) is 29.4 Å². The van der Waals surface area contributed by atoms with Crippen molar-refractivity contribution in [3.63, 3.8) is 0 Å². The summed E-state index contributed by atoms with van der Waals surface area (Å²) in [5, 5.41) is 2.50. The number of allylic oxidation sites excluding steroid dienone is 5. The van der Waals surface area contributed by atoms with Gasteiger partial charge in [0.15, 0.2) is 0 Å². The van der Waals surface area contributed by atoms with Gasteiger partial charge >= 0.3 is 0 Å². The van der Waals surface area contributed by atoms with Crippen molar-refractivity contribution >= 4 is 39.4 Å². The predicted molar refractivity (Wildman–Crippen MR) is 261 cm³/mol. The van der Waals surface area contributed by atoms with Crippen LogP contribution in [-0.2, 0) is 10.8 Å². The summed E-state index contributed by atoms with van der Waals surface area (Å²) in [6.07, 6.45) is 9.14. The Kier molecular flexibility index (Phi) is 8.50. The third-order valence-corrected chi connectivity index (χ3v) is 14.6. The van der Waals surface area contributed by atoms with E-state index in [2.05, 4.69) is 228 Å². The van der Waals surface area contributed by atoms with Gasteiger partial charge in [-0.25, -0.2) is 0 Å². The van der Waals surface area contributed by atoms with Crippen LogP contribution in [0.5, 0.6) is 23.0 Å². The largest absolute Gasteiger partial charge is 0.458 e. The summed E-state index contributed by atoms with van der Waals surface area (Å²) < 4.78 is 14.3. The summed E-state index contributed by atoms with van der Waals surface area (Å²) in [5.41, 5.74) is 15.7. The first kappa shape index (κ1) is 37.6. The molecule has 3 heteroatoms. The number of hydrogen-bond acceptors (Lipinski definition) is 2. The fourth-order valence-corrected chi connectivity index (χ4v) is 11.0. The highest BCUT2D eigenvalue weighted by molar-refractivity contribution is 6.98. The van der Waals surface area contributed by atoms with Gasteiger partial charge in [0.2, 0.25) is 0 Å².